The fraction of sp³-hybridized carbons (Fsp3) is 0.483. The quantitative estimate of drug-likeness (QED) is 0.492. The lowest BCUT2D eigenvalue weighted by Gasteiger charge is -2.29. The SMILES string of the molecule is O=C(CS(=O)CC(=O)N(CC(=O)NC1CCCCC1)c1cccc2c1CCCC2)Nc1ccc2c(c1)OCO2. The number of hydrogen-bond donors (Lipinski definition) is 2. The molecule has 0 bridgehead atoms. The molecule has 2 aliphatic carbocycles. The van der Waals surface area contributed by atoms with Gasteiger partial charge in [-0.1, -0.05) is 31.4 Å². The number of fused-ring (bicyclic) bond motifs is 2. The molecule has 3 aliphatic rings. The van der Waals surface area contributed by atoms with E-state index in [1.165, 1.54) is 16.9 Å². The Bertz CT molecular complexity index is 1260. The smallest absolute Gasteiger partial charge is 0.240 e. The van der Waals surface area contributed by atoms with Crippen molar-refractivity contribution in [2.45, 2.75) is 63.8 Å². The molecule has 0 spiro atoms. The number of hydrogen-bond acceptors (Lipinski definition) is 6. The molecule has 208 valence electrons. The predicted molar refractivity (Wildman–Crippen MR) is 150 cm³/mol. The van der Waals surface area contributed by atoms with Gasteiger partial charge in [0.05, 0.1) is 0 Å². The molecule has 10 heteroatoms. The molecule has 0 aromatic heterocycles. The molecule has 1 saturated carbocycles. The molecular formula is C29H35N3O6S. The highest BCUT2D eigenvalue weighted by atomic mass is 32.2. The Morgan fingerprint density at radius 1 is 0.897 bits per heavy atom. The van der Waals surface area contributed by atoms with Crippen LogP contribution in [-0.2, 0) is 38.0 Å². The van der Waals surface area contributed by atoms with Crippen molar-refractivity contribution < 1.29 is 28.1 Å². The van der Waals surface area contributed by atoms with Crippen LogP contribution < -0.4 is 25.0 Å². The maximum Gasteiger partial charge on any atom is 0.240 e. The van der Waals surface area contributed by atoms with Gasteiger partial charge >= 0.3 is 0 Å². The Hall–Kier alpha value is -3.40. The van der Waals surface area contributed by atoms with Gasteiger partial charge in [0.15, 0.2) is 11.5 Å². The summed E-state index contributed by atoms with van der Waals surface area (Å²) in [6.45, 7) is -0.00889. The molecule has 2 N–H and O–H groups in total. The summed E-state index contributed by atoms with van der Waals surface area (Å²) in [4.78, 5) is 40.6. The number of nitrogens with zero attached hydrogens (tertiary/aromatic N) is 1. The van der Waals surface area contributed by atoms with Gasteiger partial charge in [-0.3, -0.25) is 18.6 Å². The second-order valence-electron chi connectivity index (χ2n) is 10.3. The number of rotatable bonds is 9. The fourth-order valence-corrected chi connectivity index (χ4v) is 6.47. The van der Waals surface area contributed by atoms with E-state index in [1.807, 2.05) is 12.1 Å². The van der Waals surface area contributed by atoms with E-state index in [1.54, 1.807) is 18.2 Å². The average molecular weight is 554 g/mol. The second-order valence-corrected chi connectivity index (χ2v) is 11.8. The summed E-state index contributed by atoms with van der Waals surface area (Å²) >= 11 is 0. The number of ether oxygens (including phenoxy) is 2. The molecule has 0 saturated heterocycles. The topological polar surface area (TPSA) is 114 Å². The van der Waals surface area contributed by atoms with E-state index in [2.05, 4.69) is 16.7 Å². The Morgan fingerprint density at radius 3 is 2.54 bits per heavy atom. The van der Waals surface area contributed by atoms with Crippen LogP contribution in [0.4, 0.5) is 11.4 Å². The number of carbonyl (C=O) groups excluding carboxylic acids is 3. The van der Waals surface area contributed by atoms with Gasteiger partial charge in [0.25, 0.3) is 0 Å². The monoisotopic (exact) mass is 553 g/mol. The van der Waals surface area contributed by atoms with Crippen LogP contribution in [0.25, 0.3) is 0 Å². The summed E-state index contributed by atoms with van der Waals surface area (Å²) in [5.74, 6) is -0.685. The maximum atomic E-state index is 13.5. The second kappa shape index (κ2) is 12.6. The largest absolute Gasteiger partial charge is 0.454 e. The number of anilines is 2. The van der Waals surface area contributed by atoms with Crippen LogP contribution >= 0.6 is 0 Å². The van der Waals surface area contributed by atoms with Gasteiger partial charge < -0.3 is 25.0 Å². The van der Waals surface area contributed by atoms with Crippen molar-refractivity contribution in [3.8, 4) is 11.5 Å². The summed E-state index contributed by atoms with van der Waals surface area (Å²) < 4.78 is 23.5. The molecule has 39 heavy (non-hydrogen) atoms. The molecule has 2 aromatic carbocycles. The minimum atomic E-state index is -1.76. The zero-order chi connectivity index (χ0) is 27.2. The van der Waals surface area contributed by atoms with Gasteiger partial charge in [-0.2, -0.15) is 0 Å². The van der Waals surface area contributed by atoms with E-state index in [9.17, 15) is 18.6 Å². The molecule has 0 radical (unpaired) electrons. The molecular weight excluding hydrogens is 518 g/mol. The van der Waals surface area contributed by atoms with Crippen molar-refractivity contribution in [1.29, 1.82) is 0 Å². The van der Waals surface area contributed by atoms with Gasteiger partial charge in [-0.15, -0.1) is 0 Å². The number of benzene rings is 2. The lowest BCUT2D eigenvalue weighted by atomic mass is 9.90. The van der Waals surface area contributed by atoms with Crippen molar-refractivity contribution in [3.63, 3.8) is 0 Å². The lowest BCUT2D eigenvalue weighted by molar-refractivity contribution is -0.123. The van der Waals surface area contributed by atoms with E-state index in [0.29, 0.717) is 22.9 Å². The van der Waals surface area contributed by atoms with Crippen molar-refractivity contribution in [3.05, 3.63) is 47.5 Å². The van der Waals surface area contributed by atoms with Crippen molar-refractivity contribution in [2.24, 2.45) is 0 Å². The number of carbonyl (C=O) groups is 3. The first kappa shape index (κ1) is 27.2. The van der Waals surface area contributed by atoms with Gasteiger partial charge in [-0.05, 0) is 67.9 Å². The van der Waals surface area contributed by atoms with Crippen LogP contribution in [0.15, 0.2) is 36.4 Å². The van der Waals surface area contributed by atoms with E-state index < -0.39 is 22.6 Å². The van der Waals surface area contributed by atoms with Gasteiger partial charge in [0.1, 0.15) is 18.1 Å². The molecule has 9 nitrogen and oxygen atoms in total. The Labute approximate surface area is 231 Å². The highest BCUT2D eigenvalue weighted by Gasteiger charge is 2.27. The van der Waals surface area contributed by atoms with Gasteiger partial charge in [0.2, 0.25) is 24.5 Å². The van der Waals surface area contributed by atoms with Crippen molar-refractivity contribution in [2.75, 3.05) is 35.1 Å². The van der Waals surface area contributed by atoms with Crippen LogP contribution in [0.1, 0.15) is 56.1 Å². The molecule has 2 aromatic rings. The zero-order valence-corrected chi connectivity index (χ0v) is 22.9. The first-order valence-corrected chi connectivity index (χ1v) is 15.2. The van der Waals surface area contributed by atoms with E-state index >= 15 is 0 Å². The maximum absolute atomic E-state index is 13.5. The van der Waals surface area contributed by atoms with Crippen LogP contribution in [-0.4, -0.2) is 52.8 Å². The highest BCUT2D eigenvalue weighted by Crippen LogP contribution is 2.34. The van der Waals surface area contributed by atoms with E-state index in [4.69, 9.17) is 9.47 Å². The fourth-order valence-electron chi connectivity index (χ4n) is 5.57. The minimum absolute atomic E-state index is 0.124. The standard InChI is InChI=1S/C29H35N3O6S/c33-27(30-21-9-2-1-3-10-21)16-32(24-12-6-8-20-7-4-5-11-23(20)24)29(35)18-39(36)17-28(34)31-22-13-14-25-26(15-22)38-19-37-25/h6,8,12-15,21H,1-5,7,9-11,16-19H2,(H,30,33)(H,31,34). The molecule has 5 rings (SSSR count). The third-order valence-electron chi connectivity index (χ3n) is 7.47. The Kier molecular flexibility index (Phi) is 8.81. The van der Waals surface area contributed by atoms with Crippen LogP contribution in [0.2, 0.25) is 0 Å². The minimum Gasteiger partial charge on any atom is -0.454 e. The lowest BCUT2D eigenvalue weighted by Crippen LogP contribution is -2.46. The molecule has 3 amide bonds. The van der Waals surface area contributed by atoms with Crippen molar-refractivity contribution in [1.82, 2.24) is 5.32 Å². The highest BCUT2D eigenvalue weighted by molar-refractivity contribution is 7.86. The van der Waals surface area contributed by atoms with Crippen LogP contribution in [0, 0.1) is 0 Å². The molecule has 1 aliphatic heterocycles. The summed E-state index contributed by atoms with van der Waals surface area (Å²) in [6.07, 6.45) is 9.14. The van der Waals surface area contributed by atoms with E-state index in [0.717, 1.165) is 56.9 Å². The number of aryl methyl sites for hydroxylation is 1. The summed E-state index contributed by atoms with van der Waals surface area (Å²) in [7, 11) is -1.76. The third-order valence-corrected chi connectivity index (χ3v) is 8.62. The summed E-state index contributed by atoms with van der Waals surface area (Å²) in [5.41, 5.74) is 3.46. The van der Waals surface area contributed by atoms with Crippen LogP contribution in [0.5, 0.6) is 11.5 Å². The van der Waals surface area contributed by atoms with Crippen molar-refractivity contribution >= 4 is 39.9 Å². The summed E-state index contributed by atoms with van der Waals surface area (Å²) in [5, 5.41) is 5.79. The molecule has 1 unspecified atom stereocenters. The molecule has 1 fully saturated rings. The first-order chi connectivity index (χ1) is 19.0. The van der Waals surface area contributed by atoms with Gasteiger partial charge in [0, 0.05) is 34.3 Å². The summed E-state index contributed by atoms with van der Waals surface area (Å²) in [6, 6.07) is 11.0. The Morgan fingerprint density at radius 2 is 1.69 bits per heavy atom. The Balaban J connectivity index is 1.25. The third kappa shape index (κ3) is 6.98. The van der Waals surface area contributed by atoms with E-state index in [-0.39, 0.29) is 36.8 Å². The molecule has 1 heterocycles. The predicted octanol–water partition coefficient (Wildman–Crippen LogP) is 3.46. The average Bonchev–Trinajstić information content (AvgIpc) is 3.40. The molecule has 1 atom stereocenters. The number of amides is 3. The first-order valence-electron chi connectivity index (χ1n) is 13.7. The zero-order valence-electron chi connectivity index (χ0n) is 22.0. The van der Waals surface area contributed by atoms with Crippen LogP contribution in [0.3, 0.4) is 0 Å². The number of nitrogens with one attached hydrogen (secondary N) is 2. The van der Waals surface area contributed by atoms with Gasteiger partial charge in [-0.25, -0.2) is 0 Å². The normalized spacial score (nSPS) is 17.1.